The van der Waals surface area contributed by atoms with E-state index in [1.54, 1.807) is 60.3 Å². The van der Waals surface area contributed by atoms with Gasteiger partial charge in [0.15, 0.2) is 28.8 Å². The lowest BCUT2D eigenvalue weighted by Gasteiger charge is -2.41. The van der Waals surface area contributed by atoms with Crippen LogP contribution in [0.3, 0.4) is 0 Å². The molecular formula is C33H33ClN2O7S. The van der Waals surface area contributed by atoms with Crippen LogP contribution in [0.25, 0.3) is 6.08 Å². The summed E-state index contributed by atoms with van der Waals surface area (Å²) in [6, 6.07) is 14.8. The molecule has 0 radical (unpaired) electrons. The van der Waals surface area contributed by atoms with Crippen molar-refractivity contribution in [3.05, 3.63) is 94.2 Å². The van der Waals surface area contributed by atoms with Crippen molar-refractivity contribution >= 4 is 47.3 Å². The molecule has 2 aliphatic rings. The number of fused-ring (bicyclic) bond motifs is 1. The number of hydrogen-bond acceptors (Lipinski definition) is 9. The maximum absolute atomic E-state index is 14.2. The van der Waals surface area contributed by atoms with Crippen LogP contribution in [0, 0.1) is 5.92 Å². The minimum absolute atomic E-state index is 0.00836. The fraction of sp³-hybridized carbons (Fsp3) is 0.273. The summed E-state index contributed by atoms with van der Waals surface area (Å²) in [4.78, 5) is 28.1. The number of anilines is 1. The van der Waals surface area contributed by atoms with Crippen molar-refractivity contribution in [1.29, 1.82) is 0 Å². The molecule has 9 nitrogen and oxygen atoms in total. The Labute approximate surface area is 264 Å². The molecule has 3 aromatic rings. The van der Waals surface area contributed by atoms with Crippen molar-refractivity contribution in [1.82, 2.24) is 4.90 Å². The first-order chi connectivity index (χ1) is 21.1. The summed E-state index contributed by atoms with van der Waals surface area (Å²) >= 11 is 8.21. The van der Waals surface area contributed by atoms with E-state index in [0.717, 1.165) is 11.1 Å². The molecule has 2 fully saturated rings. The molecule has 0 aromatic heterocycles. The van der Waals surface area contributed by atoms with Gasteiger partial charge >= 0.3 is 0 Å². The Morgan fingerprint density at radius 1 is 1.07 bits per heavy atom. The molecule has 11 heteroatoms. The van der Waals surface area contributed by atoms with E-state index < -0.39 is 17.4 Å². The molecule has 4 unspecified atom stereocenters. The molecule has 2 saturated heterocycles. The predicted molar refractivity (Wildman–Crippen MR) is 172 cm³/mol. The average Bonchev–Trinajstić information content (AvgIpc) is 3.59. The summed E-state index contributed by atoms with van der Waals surface area (Å²) in [5.41, 5.74) is 1.87. The minimum atomic E-state index is -0.839. The number of aliphatic hydroxyl groups excluding tert-OH is 1. The quantitative estimate of drug-likeness (QED) is 0.0908. The number of carbonyl (C=O) groups excluding carboxylic acids is 2. The molecule has 3 aromatic carbocycles. The summed E-state index contributed by atoms with van der Waals surface area (Å²) in [6.07, 6.45) is 4.88. The Balaban J connectivity index is 1.62. The number of aromatic hydroxyl groups is 2. The molecule has 0 saturated carbocycles. The van der Waals surface area contributed by atoms with Gasteiger partial charge in [-0.25, -0.2) is 0 Å². The van der Waals surface area contributed by atoms with Crippen molar-refractivity contribution < 1.29 is 34.4 Å². The van der Waals surface area contributed by atoms with Crippen LogP contribution in [-0.4, -0.2) is 64.3 Å². The Morgan fingerprint density at radius 3 is 2.48 bits per heavy atom. The largest absolute Gasteiger partial charge is 0.508 e. The molecule has 4 atom stereocenters. The smallest absolute Gasteiger partial charge is 0.211 e. The number of phenolic OH excluding ortho intramolecular Hbond substituents is 2. The van der Waals surface area contributed by atoms with E-state index in [-0.39, 0.29) is 40.6 Å². The number of benzene rings is 3. The van der Waals surface area contributed by atoms with E-state index in [4.69, 9.17) is 21.1 Å². The topological polar surface area (TPSA) is 129 Å². The highest BCUT2D eigenvalue weighted by Gasteiger charge is 2.61. The summed E-state index contributed by atoms with van der Waals surface area (Å²) < 4.78 is 10.6. The van der Waals surface area contributed by atoms with Crippen LogP contribution in [0.4, 0.5) is 5.69 Å². The van der Waals surface area contributed by atoms with Crippen molar-refractivity contribution in [3.8, 4) is 23.0 Å². The standard InChI is InChI=1S/C33H33ClN2O7S/c1-33(23-14-21(34)7-9-24(23)35-17-37)32(20-6-11-27(40)30(13-20)43-3)31(25-16-44-18-36(25)33)28(41)15-22(38)8-4-19-5-10-26(39)29(12-19)42-2/h4-15,17,25,31-32,38-40H,16,18H2,1-3H3,(H,35,37)/b8-4+,22-15-. The van der Waals surface area contributed by atoms with Gasteiger partial charge in [0.25, 0.3) is 0 Å². The van der Waals surface area contributed by atoms with Gasteiger partial charge in [-0.1, -0.05) is 29.8 Å². The molecule has 4 N–H and O–H groups in total. The van der Waals surface area contributed by atoms with Crippen LogP contribution in [0.15, 0.2) is 72.5 Å². The fourth-order valence-corrected chi connectivity index (χ4v) is 8.04. The van der Waals surface area contributed by atoms with E-state index >= 15 is 0 Å². The van der Waals surface area contributed by atoms with E-state index in [9.17, 15) is 24.9 Å². The SMILES string of the molecule is COc1cc(/C=C/C(O)=C/C(=O)C2C3CSCN3C(C)(c3cc(Cl)ccc3NC=O)C2c2ccc(O)c(OC)c2)ccc1O. The normalized spacial score (nSPS) is 23.5. The number of hydrogen-bond donors (Lipinski definition) is 4. The number of ketones is 1. The van der Waals surface area contributed by atoms with Crippen LogP contribution in [0.1, 0.15) is 29.5 Å². The first kappa shape index (κ1) is 31.3. The Hall–Kier alpha value is -4.12. The Bertz CT molecular complexity index is 1640. The number of ether oxygens (including phenoxy) is 2. The second kappa shape index (κ2) is 12.9. The van der Waals surface area contributed by atoms with Crippen LogP contribution < -0.4 is 14.8 Å². The zero-order valence-electron chi connectivity index (χ0n) is 24.4. The highest BCUT2D eigenvalue weighted by molar-refractivity contribution is 7.99. The molecule has 2 heterocycles. The average molecular weight is 637 g/mol. The molecule has 1 amide bonds. The van der Waals surface area contributed by atoms with Crippen molar-refractivity contribution in [2.24, 2.45) is 5.92 Å². The number of amides is 1. The second-order valence-corrected chi connectivity index (χ2v) is 12.2. The number of aliphatic hydroxyl groups is 1. The van der Waals surface area contributed by atoms with Crippen LogP contribution in [-0.2, 0) is 15.1 Å². The van der Waals surface area contributed by atoms with Crippen molar-refractivity contribution in [2.45, 2.75) is 24.4 Å². The van der Waals surface area contributed by atoms with Crippen LogP contribution in [0.5, 0.6) is 23.0 Å². The number of phenols is 2. The number of methoxy groups -OCH3 is 2. The maximum atomic E-state index is 14.2. The fourth-order valence-electron chi connectivity index (χ4n) is 6.47. The molecule has 5 rings (SSSR count). The Kier molecular flexibility index (Phi) is 9.15. The highest BCUT2D eigenvalue weighted by Crippen LogP contribution is 2.60. The third kappa shape index (κ3) is 5.72. The number of thioether (sulfide) groups is 1. The van der Waals surface area contributed by atoms with Crippen LogP contribution in [0.2, 0.25) is 5.02 Å². The van der Waals surface area contributed by atoms with Gasteiger partial charge in [0.2, 0.25) is 6.41 Å². The number of halogens is 1. The maximum Gasteiger partial charge on any atom is 0.211 e. The molecule has 0 spiro atoms. The molecule has 0 aliphatic carbocycles. The zero-order valence-corrected chi connectivity index (χ0v) is 25.9. The molecule has 230 valence electrons. The minimum Gasteiger partial charge on any atom is -0.508 e. The van der Waals surface area contributed by atoms with Crippen LogP contribution >= 0.6 is 23.4 Å². The van der Waals surface area contributed by atoms with Gasteiger partial charge in [-0.15, -0.1) is 11.8 Å². The molecule has 2 aliphatic heterocycles. The summed E-state index contributed by atoms with van der Waals surface area (Å²) in [7, 11) is 2.91. The number of nitrogens with zero attached hydrogens (tertiary/aromatic N) is 1. The predicted octanol–water partition coefficient (Wildman–Crippen LogP) is 6.06. The third-order valence-electron chi connectivity index (χ3n) is 8.47. The zero-order chi connectivity index (χ0) is 31.6. The van der Waals surface area contributed by atoms with Gasteiger partial charge in [0, 0.05) is 46.3 Å². The monoisotopic (exact) mass is 636 g/mol. The number of nitrogens with one attached hydrogen (secondary N) is 1. The summed E-state index contributed by atoms with van der Waals surface area (Å²) in [6.45, 7) is 2.03. The lowest BCUT2D eigenvalue weighted by molar-refractivity contribution is -0.119. The van der Waals surface area contributed by atoms with Gasteiger partial charge in [0.1, 0.15) is 5.76 Å². The van der Waals surface area contributed by atoms with Gasteiger partial charge in [-0.3, -0.25) is 14.5 Å². The van der Waals surface area contributed by atoms with Gasteiger partial charge in [-0.05, 0) is 72.2 Å². The van der Waals surface area contributed by atoms with E-state index in [1.165, 1.54) is 32.4 Å². The number of carbonyl (C=O) groups is 2. The first-order valence-corrected chi connectivity index (χ1v) is 15.4. The van der Waals surface area contributed by atoms with Crippen molar-refractivity contribution in [3.63, 3.8) is 0 Å². The highest BCUT2D eigenvalue weighted by atomic mass is 35.5. The number of allylic oxidation sites excluding steroid dienone is 2. The Morgan fingerprint density at radius 2 is 1.77 bits per heavy atom. The number of rotatable bonds is 10. The first-order valence-electron chi connectivity index (χ1n) is 13.8. The van der Waals surface area contributed by atoms with E-state index in [0.29, 0.717) is 34.3 Å². The lowest BCUT2D eigenvalue weighted by Crippen LogP contribution is -2.43. The molecule has 44 heavy (non-hydrogen) atoms. The van der Waals surface area contributed by atoms with Gasteiger partial charge in [-0.2, -0.15) is 0 Å². The van der Waals surface area contributed by atoms with Gasteiger partial charge in [0.05, 0.1) is 19.8 Å². The summed E-state index contributed by atoms with van der Waals surface area (Å²) in [5.74, 6) is 0.191. The third-order valence-corrected chi connectivity index (χ3v) is 9.74. The van der Waals surface area contributed by atoms with Gasteiger partial charge < -0.3 is 30.1 Å². The molecule has 0 bridgehead atoms. The second-order valence-electron chi connectivity index (χ2n) is 10.8. The molecular weight excluding hydrogens is 604 g/mol. The van der Waals surface area contributed by atoms with Crippen molar-refractivity contribution in [2.75, 3.05) is 31.2 Å². The van der Waals surface area contributed by atoms with E-state index in [2.05, 4.69) is 10.2 Å². The summed E-state index contributed by atoms with van der Waals surface area (Å²) in [5, 5.41) is 34.4. The van der Waals surface area contributed by atoms with E-state index in [1.807, 2.05) is 13.0 Å². The lowest BCUT2D eigenvalue weighted by atomic mass is 9.70.